The van der Waals surface area contributed by atoms with Gasteiger partial charge in [-0.05, 0) is 55.6 Å². The number of aryl methyl sites for hydroxylation is 1. The Kier molecular flexibility index (Phi) is 5.15. The molecular formula is C25H29N5O3. The maximum absolute atomic E-state index is 13.5. The summed E-state index contributed by atoms with van der Waals surface area (Å²) >= 11 is 0. The van der Waals surface area contributed by atoms with Gasteiger partial charge < -0.3 is 20.5 Å². The van der Waals surface area contributed by atoms with Crippen molar-refractivity contribution in [1.29, 1.82) is 5.26 Å². The second kappa shape index (κ2) is 7.91. The van der Waals surface area contributed by atoms with Crippen LogP contribution in [0.1, 0.15) is 42.6 Å². The smallest absolute Gasteiger partial charge is 0.271 e. The molecule has 33 heavy (non-hydrogen) atoms. The van der Waals surface area contributed by atoms with Gasteiger partial charge in [0.25, 0.3) is 5.91 Å². The highest BCUT2D eigenvalue weighted by molar-refractivity contribution is 6.00. The number of nitrogens with zero attached hydrogens (tertiary/aromatic N) is 3. The number of likely N-dealkylation sites (tertiary alicyclic amines) is 1. The maximum Gasteiger partial charge on any atom is 0.271 e. The Morgan fingerprint density at radius 1 is 1.33 bits per heavy atom. The number of piperidine rings is 1. The molecule has 2 aliphatic heterocycles. The lowest BCUT2D eigenvalue weighted by Gasteiger charge is -2.39. The van der Waals surface area contributed by atoms with Crippen LogP contribution >= 0.6 is 0 Å². The summed E-state index contributed by atoms with van der Waals surface area (Å²) in [6.07, 6.45) is 3.41. The number of aromatic nitrogens is 1. The van der Waals surface area contributed by atoms with Crippen molar-refractivity contribution in [1.82, 2.24) is 14.8 Å². The molecule has 0 radical (unpaired) electrons. The molecule has 2 saturated heterocycles. The summed E-state index contributed by atoms with van der Waals surface area (Å²) in [6.45, 7) is 1.11. The summed E-state index contributed by atoms with van der Waals surface area (Å²) < 4.78 is 1.86. The monoisotopic (exact) mass is 447 g/mol. The van der Waals surface area contributed by atoms with Crippen LogP contribution in [0.2, 0.25) is 0 Å². The molecule has 172 valence electrons. The zero-order valence-corrected chi connectivity index (χ0v) is 18.8. The first kappa shape index (κ1) is 21.5. The van der Waals surface area contributed by atoms with Gasteiger partial charge in [0.1, 0.15) is 11.7 Å². The number of para-hydroxylation sites is 1. The topological polar surface area (TPSA) is 121 Å². The van der Waals surface area contributed by atoms with E-state index in [1.165, 1.54) is 0 Å². The normalized spacial score (nSPS) is 29.6. The molecule has 2 aromatic rings. The Morgan fingerprint density at radius 2 is 2.12 bits per heavy atom. The van der Waals surface area contributed by atoms with Crippen LogP contribution in [0.4, 0.5) is 0 Å². The molecule has 5 rings (SSSR count). The van der Waals surface area contributed by atoms with Crippen LogP contribution in [-0.2, 0) is 16.6 Å². The Labute approximate surface area is 192 Å². The highest BCUT2D eigenvalue weighted by atomic mass is 16.2. The maximum atomic E-state index is 13.5. The number of amides is 3. The van der Waals surface area contributed by atoms with E-state index in [0.717, 1.165) is 30.2 Å². The first-order valence-electron chi connectivity index (χ1n) is 11.7. The van der Waals surface area contributed by atoms with Crippen LogP contribution in [0, 0.1) is 34.5 Å². The van der Waals surface area contributed by atoms with Gasteiger partial charge in [0.05, 0.1) is 12.0 Å². The lowest BCUT2D eigenvalue weighted by atomic mass is 9.80. The molecule has 1 saturated carbocycles. The molecule has 5 atom stereocenters. The Bertz CT molecular complexity index is 1180. The fourth-order valence-electron chi connectivity index (χ4n) is 6.19. The van der Waals surface area contributed by atoms with E-state index >= 15 is 0 Å². The number of nitrogens with one attached hydrogen (secondary N) is 1. The molecule has 1 aliphatic carbocycles. The third-order valence-electron chi connectivity index (χ3n) is 8.19. The van der Waals surface area contributed by atoms with Gasteiger partial charge in [0, 0.05) is 37.0 Å². The SMILES string of the molecule is Cn1c(C(=O)N2CCC3(CC2C(N)=O)CC3[C@@H](C#N)C[C@H]2CCNC2=O)cc2ccccc21. The molecule has 0 bridgehead atoms. The summed E-state index contributed by atoms with van der Waals surface area (Å²) in [5.74, 6) is -0.831. The molecule has 3 aliphatic rings. The zero-order valence-electron chi connectivity index (χ0n) is 18.8. The molecule has 8 heteroatoms. The highest BCUT2D eigenvalue weighted by Crippen LogP contribution is 2.64. The van der Waals surface area contributed by atoms with Crippen molar-refractivity contribution < 1.29 is 14.4 Å². The van der Waals surface area contributed by atoms with E-state index in [1.54, 1.807) is 4.90 Å². The van der Waals surface area contributed by atoms with Crippen molar-refractivity contribution in [3.05, 3.63) is 36.0 Å². The predicted octanol–water partition coefficient (Wildman–Crippen LogP) is 1.94. The van der Waals surface area contributed by atoms with Crippen LogP contribution < -0.4 is 11.1 Å². The first-order chi connectivity index (χ1) is 15.8. The largest absolute Gasteiger partial charge is 0.368 e. The fraction of sp³-hybridized carbons (Fsp3) is 0.520. The minimum Gasteiger partial charge on any atom is -0.368 e. The van der Waals surface area contributed by atoms with Crippen LogP contribution in [0.15, 0.2) is 30.3 Å². The Hall–Kier alpha value is -3.34. The summed E-state index contributed by atoms with van der Waals surface area (Å²) in [5, 5.41) is 13.6. The molecule has 1 spiro atoms. The van der Waals surface area contributed by atoms with Crippen LogP contribution in [0.5, 0.6) is 0 Å². The number of benzene rings is 1. The highest BCUT2D eigenvalue weighted by Gasteiger charge is 2.61. The van der Waals surface area contributed by atoms with Crippen LogP contribution in [0.3, 0.4) is 0 Å². The fourth-order valence-corrected chi connectivity index (χ4v) is 6.19. The lowest BCUT2D eigenvalue weighted by Crippen LogP contribution is -2.53. The van der Waals surface area contributed by atoms with Gasteiger partial charge in [0.2, 0.25) is 11.8 Å². The average molecular weight is 448 g/mol. The molecule has 1 aromatic heterocycles. The van der Waals surface area contributed by atoms with Gasteiger partial charge in [-0.15, -0.1) is 0 Å². The number of nitriles is 1. The van der Waals surface area contributed by atoms with Crippen molar-refractivity contribution in [2.24, 2.45) is 36.0 Å². The second-order valence-electron chi connectivity index (χ2n) is 9.94. The minimum atomic E-state index is -0.691. The van der Waals surface area contributed by atoms with E-state index in [9.17, 15) is 19.6 Å². The summed E-state index contributed by atoms with van der Waals surface area (Å²) in [4.78, 5) is 39.5. The van der Waals surface area contributed by atoms with Crippen LogP contribution in [-0.4, -0.2) is 46.3 Å². The second-order valence-corrected chi connectivity index (χ2v) is 9.94. The molecule has 3 N–H and O–H groups in total. The number of hydrogen-bond acceptors (Lipinski definition) is 4. The average Bonchev–Trinajstić information content (AvgIpc) is 3.15. The van der Waals surface area contributed by atoms with Gasteiger partial charge in [-0.2, -0.15) is 5.26 Å². The van der Waals surface area contributed by atoms with Crippen LogP contribution in [0.25, 0.3) is 10.9 Å². The molecular weight excluding hydrogens is 418 g/mol. The predicted molar refractivity (Wildman–Crippen MR) is 122 cm³/mol. The van der Waals surface area contributed by atoms with E-state index in [2.05, 4.69) is 11.4 Å². The van der Waals surface area contributed by atoms with Gasteiger partial charge in [-0.25, -0.2) is 0 Å². The van der Waals surface area contributed by atoms with E-state index in [1.807, 2.05) is 41.9 Å². The summed E-state index contributed by atoms with van der Waals surface area (Å²) in [7, 11) is 1.86. The zero-order chi connectivity index (χ0) is 23.3. The molecule has 1 aromatic carbocycles. The van der Waals surface area contributed by atoms with Crippen molar-refractivity contribution in [3.63, 3.8) is 0 Å². The van der Waals surface area contributed by atoms with Gasteiger partial charge in [-0.1, -0.05) is 18.2 Å². The standard InChI is InChI=1S/C25H29N5O3/c1-29-19-5-3-2-4-15(19)11-20(29)24(33)30-9-7-25(13-21(30)22(27)31)12-18(25)17(14-26)10-16-6-8-28-23(16)32/h2-5,11,16-18,21H,6-10,12-13H2,1H3,(H2,27,31)(H,28,32)/t16-,17-,18?,21?,25?/m1/s1. The van der Waals surface area contributed by atoms with Gasteiger partial charge in [-0.3, -0.25) is 14.4 Å². The molecule has 8 nitrogen and oxygen atoms in total. The number of carbonyl (C=O) groups is 3. The quantitative estimate of drug-likeness (QED) is 0.727. The summed E-state index contributed by atoms with van der Waals surface area (Å²) in [6, 6.07) is 11.4. The third-order valence-corrected chi connectivity index (χ3v) is 8.19. The van der Waals surface area contributed by atoms with E-state index in [4.69, 9.17) is 5.73 Å². The Morgan fingerprint density at radius 3 is 2.79 bits per heavy atom. The number of hydrogen-bond donors (Lipinski definition) is 2. The first-order valence-corrected chi connectivity index (χ1v) is 11.7. The van der Waals surface area contributed by atoms with Crippen molar-refractivity contribution in [3.8, 4) is 6.07 Å². The van der Waals surface area contributed by atoms with Gasteiger partial charge in [0.15, 0.2) is 0 Å². The number of nitrogens with two attached hydrogens (primary N) is 1. The molecule has 3 heterocycles. The van der Waals surface area contributed by atoms with Crippen molar-refractivity contribution >= 4 is 28.6 Å². The number of rotatable bonds is 5. The van der Waals surface area contributed by atoms with E-state index < -0.39 is 11.9 Å². The number of carbonyl (C=O) groups excluding carboxylic acids is 3. The minimum absolute atomic E-state index is 0.0373. The molecule has 3 fully saturated rings. The summed E-state index contributed by atoms with van der Waals surface area (Å²) in [5.41, 5.74) is 7.13. The molecule has 3 amide bonds. The third kappa shape index (κ3) is 3.56. The van der Waals surface area contributed by atoms with Crippen molar-refractivity contribution in [2.45, 2.75) is 38.1 Å². The van der Waals surface area contributed by atoms with Crippen molar-refractivity contribution in [2.75, 3.05) is 13.1 Å². The Balaban J connectivity index is 1.34. The van der Waals surface area contributed by atoms with E-state index in [0.29, 0.717) is 31.6 Å². The lowest BCUT2D eigenvalue weighted by molar-refractivity contribution is -0.124. The van der Waals surface area contributed by atoms with Gasteiger partial charge >= 0.3 is 0 Å². The number of fused-ring (bicyclic) bond motifs is 1. The number of primary amides is 1. The van der Waals surface area contributed by atoms with E-state index in [-0.39, 0.29) is 35.0 Å². The molecule has 3 unspecified atom stereocenters.